The van der Waals surface area contributed by atoms with E-state index in [9.17, 15) is 13.2 Å². The lowest BCUT2D eigenvalue weighted by Gasteiger charge is -2.12. The van der Waals surface area contributed by atoms with Crippen LogP contribution in [-0.2, 0) is 6.18 Å². The molecule has 0 aliphatic heterocycles. The zero-order valence-electron chi connectivity index (χ0n) is 12.0. The van der Waals surface area contributed by atoms with Gasteiger partial charge in [0, 0.05) is 12.1 Å². The van der Waals surface area contributed by atoms with Gasteiger partial charge in [-0.25, -0.2) is 9.97 Å². The van der Waals surface area contributed by atoms with Gasteiger partial charge < -0.3 is 5.32 Å². The summed E-state index contributed by atoms with van der Waals surface area (Å²) in [5, 5.41) is 2.74. The minimum absolute atomic E-state index is 0.0125. The second-order valence-corrected chi connectivity index (χ2v) is 4.87. The first-order chi connectivity index (χ1) is 9.79. The summed E-state index contributed by atoms with van der Waals surface area (Å²) in [6, 6.07) is 6.56. The number of aromatic nitrogens is 2. The molecule has 2 rings (SSSR count). The van der Waals surface area contributed by atoms with Gasteiger partial charge in [-0.05, 0) is 39.0 Å². The number of anilines is 1. The summed E-state index contributed by atoms with van der Waals surface area (Å²) in [6.45, 7) is 6.02. The Balaban J connectivity index is 2.59. The van der Waals surface area contributed by atoms with Crippen LogP contribution in [0, 0.1) is 13.8 Å². The van der Waals surface area contributed by atoms with Crippen LogP contribution in [0.4, 0.5) is 19.1 Å². The first-order valence-corrected chi connectivity index (χ1v) is 6.58. The van der Waals surface area contributed by atoms with Crippen LogP contribution in [0.1, 0.15) is 23.7 Å². The van der Waals surface area contributed by atoms with Crippen molar-refractivity contribution in [1.29, 1.82) is 0 Å². The normalized spacial score (nSPS) is 11.5. The Morgan fingerprint density at radius 2 is 1.62 bits per heavy atom. The highest BCUT2D eigenvalue weighted by Crippen LogP contribution is 2.31. The van der Waals surface area contributed by atoms with Crippen molar-refractivity contribution < 1.29 is 13.2 Å². The third-order valence-electron chi connectivity index (χ3n) is 2.87. The average Bonchev–Trinajstić information content (AvgIpc) is 2.36. The molecule has 3 nitrogen and oxygen atoms in total. The monoisotopic (exact) mass is 295 g/mol. The highest BCUT2D eigenvalue weighted by molar-refractivity contribution is 5.63. The number of halogens is 3. The van der Waals surface area contributed by atoms with Crippen LogP contribution in [0.25, 0.3) is 11.3 Å². The minimum Gasteiger partial charge on any atom is -0.354 e. The van der Waals surface area contributed by atoms with Crippen LogP contribution < -0.4 is 5.32 Å². The topological polar surface area (TPSA) is 37.8 Å². The standard InChI is InChI=1S/C15H16F3N3/c1-4-19-14-20-12(8-13(21-14)15(16,17)18)11-6-9(2)5-10(3)7-11/h5-8H,4H2,1-3H3,(H,19,20,21). The molecule has 1 aromatic heterocycles. The molecule has 0 fully saturated rings. The highest BCUT2D eigenvalue weighted by atomic mass is 19.4. The molecule has 0 bridgehead atoms. The molecule has 0 atom stereocenters. The maximum atomic E-state index is 12.9. The number of hydrogen-bond acceptors (Lipinski definition) is 3. The van der Waals surface area contributed by atoms with Gasteiger partial charge in [-0.2, -0.15) is 13.2 Å². The second kappa shape index (κ2) is 5.71. The largest absolute Gasteiger partial charge is 0.433 e. The summed E-state index contributed by atoms with van der Waals surface area (Å²) in [5.74, 6) is -0.0125. The van der Waals surface area contributed by atoms with E-state index in [1.165, 1.54) is 0 Å². The Morgan fingerprint density at radius 3 is 2.14 bits per heavy atom. The molecule has 112 valence electrons. The zero-order chi connectivity index (χ0) is 15.6. The summed E-state index contributed by atoms with van der Waals surface area (Å²) in [4.78, 5) is 7.68. The second-order valence-electron chi connectivity index (χ2n) is 4.87. The number of nitrogens with zero attached hydrogens (tertiary/aromatic N) is 2. The summed E-state index contributed by atoms with van der Waals surface area (Å²) in [6.07, 6.45) is -4.50. The predicted molar refractivity (Wildman–Crippen MR) is 76.1 cm³/mol. The molecule has 2 aromatic rings. The van der Waals surface area contributed by atoms with E-state index in [1.54, 1.807) is 6.92 Å². The fourth-order valence-electron chi connectivity index (χ4n) is 2.10. The Labute approximate surface area is 121 Å². The van der Waals surface area contributed by atoms with Crippen LogP contribution in [0.2, 0.25) is 0 Å². The van der Waals surface area contributed by atoms with Crippen LogP contribution in [-0.4, -0.2) is 16.5 Å². The van der Waals surface area contributed by atoms with Gasteiger partial charge in [0.25, 0.3) is 0 Å². The Bertz CT molecular complexity index is 631. The summed E-state index contributed by atoms with van der Waals surface area (Å²) in [7, 11) is 0. The molecule has 0 spiro atoms. The van der Waals surface area contributed by atoms with Crippen molar-refractivity contribution in [2.75, 3.05) is 11.9 Å². The SMILES string of the molecule is CCNc1nc(-c2cc(C)cc(C)c2)cc(C(F)(F)F)n1. The van der Waals surface area contributed by atoms with Gasteiger partial charge >= 0.3 is 6.18 Å². The third-order valence-corrected chi connectivity index (χ3v) is 2.87. The molecule has 0 unspecified atom stereocenters. The van der Waals surface area contributed by atoms with Gasteiger partial charge in [0.15, 0.2) is 5.69 Å². The Morgan fingerprint density at radius 1 is 1.00 bits per heavy atom. The maximum Gasteiger partial charge on any atom is 0.433 e. The van der Waals surface area contributed by atoms with Crippen LogP contribution in [0.5, 0.6) is 0 Å². The fraction of sp³-hybridized carbons (Fsp3) is 0.333. The van der Waals surface area contributed by atoms with Gasteiger partial charge in [-0.3, -0.25) is 0 Å². The van der Waals surface area contributed by atoms with E-state index in [-0.39, 0.29) is 11.6 Å². The van der Waals surface area contributed by atoms with Crippen LogP contribution >= 0.6 is 0 Å². The summed E-state index contributed by atoms with van der Waals surface area (Å²) in [5.41, 5.74) is 1.92. The van der Waals surface area contributed by atoms with Gasteiger partial charge in [-0.15, -0.1) is 0 Å². The molecule has 0 saturated carbocycles. The molecule has 0 aliphatic rings. The lowest BCUT2D eigenvalue weighted by atomic mass is 10.0. The Hall–Kier alpha value is -2.11. The van der Waals surface area contributed by atoms with Crippen molar-refractivity contribution in [3.8, 4) is 11.3 Å². The van der Waals surface area contributed by atoms with E-state index >= 15 is 0 Å². The molecule has 1 aromatic carbocycles. The molecular formula is C15H16F3N3. The van der Waals surface area contributed by atoms with Crippen molar-refractivity contribution in [3.05, 3.63) is 41.1 Å². The van der Waals surface area contributed by atoms with Crippen LogP contribution in [0.15, 0.2) is 24.3 Å². The average molecular weight is 295 g/mol. The van der Waals surface area contributed by atoms with Crippen molar-refractivity contribution in [1.82, 2.24) is 9.97 Å². The molecular weight excluding hydrogens is 279 g/mol. The minimum atomic E-state index is -4.50. The zero-order valence-corrected chi connectivity index (χ0v) is 12.0. The molecule has 21 heavy (non-hydrogen) atoms. The number of aryl methyl sites for hydroxylation is 2. The number of nitrogens with one attached hydrogen (secondary N) is 1. The van der Waals surface area contributed by atoms with E-state index in [1.807, 2.05) is 32.0 Å². The summed E-state index contributed by atoms with van der Waals surface area (Å²) >= 11 is 0. The van der Waals surface area contributed by atoms with Gasteiger partial charge in [0.1, 0.15) is 0 Å². The number of alkyl halides is 3. The third kappa shape index (κ3) is 3.71. The van der Waals surface area contributed by atoms with E-state index in [4.69, 9.17) is 0 Å². The van der Waals surface area contributed by atoms with Crippen molar-refractivity contribution in [3.63, 3.8) is 0 Å². The lowest BCUT2D eigenvalue weighted by Crippen LogP contribution is -2.12. The van der Waals surface area contributed by atoms with Crippen molar-refractivity contribution >= 4 is 5.95 Å². The molecule has 0 radical (unpaired) electrons. The molecule has 0 amide bonds. The molecule has 0 aliphatic carbocycles. The number of benzene rings is 1. The molecule has 1 N–H and O–H groups in total. The molecule has 0 saturated heterocycles. The van der Waals surface area contributed by atoms with Gasteiger partial charge in [0.05, 0.1) is 5.69 Å². The smallest absolute Gasteiger partial charge is 0.354 e. The van der Waals surface area contributed by atoms with Crippen molar-refractivity contribution in [2.45, 2.75) is 26.9 Å². The number of rotatable bonds is 3. The van der Waals surface area contributed by atoms with Gasteiger partial charge in [-0.1, -0.05) is 17.2 Å². The first-order valence-electron chi connectivity index (χ1n) is 6.58. The lowest BCUT2D eigenvalue weighted by molar-refractivity contribution is -0.141. The van der Waals surface area contributed by atoms with E-state index in [0.29, 0.717) is 12.1 Å². The van der Waals surface area contributed by atoms with Crippen molar-refractivity contribution in [2.24, 2.45) is 0 Å². The van der Waals surface area contributed by atoms with E-state index < -0.39 is 11.9 Å². The molecule has 1 heterocycles. The van der Waals surface area contributed by atoms with Crippen LogP contribution in [0.3, 0.4) is 0 Å². The Kier molecular flexibility index (Phi) is 4.16. The number of hydrogen-bond donors (Lipinski definition) is 1. The first kappa shape index (κ1) is 15.3. The summed E-state index contributed by atoms with van der Waals surface area (Å²) < 4.78 is 38.8. The maximum absolute atomic E-state index is 12.9. The highest BCUT2D eigenvalue weighted by Gasteiger charge is 2.33. The predicted octanol–water partition coefficient (Wildman–Crippen LogP) is 4.21. The molecule has 6 heteroatoms. The van der Waals surface area contributed by atoms with E-state index in [2.05, 4.69) is 15.3 Å². The van der Waals surface area contributed by atoms with E-state index in [0.717, 1.165) is 17.2 Å². The fourth-order valence-corrected chi connectivity index (χ4v) is 2.10. The van der Waals surface area contributed by atoms with Gasteiger partial charge in [0.2, 0.25) is 5.95 Å². The quantitative estimate of drug-likeness (QED) is 0.921.